The number of aromatic hydroxyl groups is 4. The molecule has 0 saturated heterocycles. The monoisotopic (exact) mass is 1300 g/mol. The molecule has 0 amide bonds. The summed E-state index contributed by atoms with van der Waals surface area (Å²) < 4.78 is 0. The van der Waals surface area contributed by atoms with Crippen LogP contribution in [0.4, 0.5) is 0 Å². The van der Waals surface area contributed by atoms with Crippen LogP contribution in [0.25, 0.3) is 0 Å². The van der Waals surface area contributed by atoms with Crippen molar-refractivity contribution in [2.24, 2.45) is 0 Å². The van der Waals surface area contributed by atoms with Crippen molar-refractivity contribution in [2.75, 3.05) is 0 Å². The molecule has 0 unspecified atom stereocenters. The second-order valence-corrected chi connectivity index (χ2v) is 33.6. The molecule has 12 heteroatoms. The highest BCUT2D eigenvalue weighted by Crippen LogP contribution is 2.44. The molecular weight excluding hydrogens is 1180 g/mol. The standard InChI is InChI=1S/4C18H26O3.C10H22/c4*1-11(16(20)21)8-12-9-13(17(2,3)4)15(19)14(10-12)18(5,6)7;1-3-5-7-9-10-8-6-4-2/h4*9-10,19H,1,8H2,2-7H3,(H,20,21);3-10H2,1-2H3. The zero-order chi connectivity index (χ0) is 74.0. The molecule has 0 fully saturated rings. The van der Waals surface area contributed by atoms with Crippen molar-refractivity contribution in [1.29, 1.82) is 0 Å². The van der Waals surface area contributed by atoms with E-state index >= 15 is 0 Å². The molecule has 0 radical (unpaired) electrons. The van der Waals surface area contributed by atoms with Crippen molar-refractivity contribution in [3.8, 4) is 23.0 Å². The molecule has 4 aromatic carbocycles. The zero-order valence-corrected chi connectivity index (χ0v) is 63.1. The summed E-state index contributed by atoms with van der Waals surface area (Å²) >= 11 is 0. The maximum Gasteiger partial charge on any atom is 0.331 e. The van der Waals surface area contributed by atoms with Crippen molar-refractivity contribution in [3.63, 3.8) is 0 Å². The number of hydrogen-bond donors (Lipinski definition) is 8. The van der Waals surface area contributed by atoms with E-state index in [2.05, 4.69) is 40.2 Å². The van der Waals surface area contributed by atoms with Crippen LogP contribution >= 0.6 is 0 Å². The van der Waals surface area contributed by atoms with Gasteiger partial charge in [-0.1, -0.05) is 306 Å². The number of rotatable bonds is 19. The minimum absolute atomic E-state index is 0.153. The summed E-state index contributed by atoms with van der Waals surface area (Å²) in [5.41, 5.74) is 9.04. The Balaban J connectivity index is 0.00000117. The molecule has 0 aromatic heterocycles. The topological polar surface area (TPSA) is 230 Å². The van der Waals surface area contributed by atoms with E-state index in [0.717, 1.165) is 66.8 Å². The fourth-order valence-electron chi connectivity index (χ4n) is 10.3. The minimum atomic E-state index is -0.988. The smallest absolute Gasteiger partial charge is 0.331 e. The average Bonchev–Trinajstić information content (AvgIpc) is 0.810. The van der Waals surface area contributed by atoms with Crippen LogP contribution in [0.3, 0.4) is 0 Å². The van der Waals surface area contributed by atoms with Crippen LogP contribution in [-0.2, 0) is 88.2 Å². The molecule has 8 N–H and O–H groups in total. The second-order valence-electron chi connectivity index (χ2n) is 33.6. The van der Waals surface area contributed by atoms with E-state index in [9.17, 15) is 39.6 Å². The Morgan fingerprint density at radius 3 is 0.479 bits per heavy atom. The number of phenolic OH excluding ortho intramolecular Hbond substituents is 4. The fraction of sp³-hybridized carbons (Fsp3) is 0.561. The third kappa shape index (κ3) is 28.9. The number of unbranched alkanes of at least 4 members (excludes halogenated alkanes) is 7. The van der Waals surface area contributed by atoms with E-state index < -0.39 is 23.9 Å². The van der Waals surface area contributed by atoms with Crippen molar-refractivity contribution in [1.82, 2.24) is 0 Å². The summed E-state index contributed by atoms with van der Waals surface area (Å²) in [7, 11) is 0. The first-order valence-electron chi connectivity index (χ1n) is 33.4. The lowest BCUT2D eigenvalue weighted by Gasteiger charge is -2.28. The molecule has 12 nitrogen and oxygen atoms in total. The van der Waals surface area contributed by atoms with Crippen molar-refractivity contribution >= 4 is 23.9 Å². The highest BCUT2D eigenvalue weighted by atomic mass is 16.4. The van der Waals surface area contributed by atoms with Gasteiger partial charge in [0.1, 0.15) is 23.0 Å². The number of aliphatic carboxylic acids is 4. The Hall–Kier alpha value is -7.08. The number of phenols is 4. The Labute approximate surface area is 568 Å². The van der Waals surface area contributed by atoms with Crippen molar-refractivity contribution in [3.05, 3.63) is 164 Å². The van der Waals surface area contributed by atoms with E-state index in [1.54, 1.807) is 0 Å². The van der Waals surface area contributed by atoms with Gasteiger partial charge in [-0.25, -0.2) is 19.2 Å². The van der Waals surface area contributed by atoms with Crippen LogP contribution < -0.4 is 0 Å². The maximum absolute atomic E-state index is 11.0. The minimum Gasteiger partial charge on any atom is -0.507 e. The quantitative estimate of drug-likeness (QED) is 0.0324. The summed E-state index contributed by atoms with van der Waals surface area (Å²) in [5.74, 6) is -2.73. The molecule has 0 atom stereocenters. The van der Waals surface area contributed by atoms with Crippen molar-refractivity contribution in [2.45, 2.75) is 300 Å². The Morgan fingerprint density at radius 1 is 0.266 bits per heavy atom. The predicted octanol–water partition coefficient (Wildman–Crippen LogP) is 20.8. The lowest BCUT2D eigenvalue weighted by Crippen LogP contribution is -2.18. The molecule has 0 aliphatic heterocycles. The van der Waals surface area contributed by atoms with Gasteiger partial charge >= 0.3 is 23.9 Å². The molecule has 94 heavy (non-hydrogen) atoms. The lowest BCUT2D eigenvalue weighted by atomic mass is 9.78. The van der Waals surface area contributed by atoms with Crippen LogP contribution in [-0.4, -0.2) is 64.7 Å². The Bertz CT molecular complexity index is 2700. The molecule has 0 aliphatic carbocycles. The van der Waals surface area contributed by atoms with Crippen LogP contribution in [0.2, 0.25) is 0 Å². The zero-order valence-electron chi connectivity index (χ0n) is 63.1. The van der Waals surface area contributed by atoms with E-state index in [1.807, 2.05) is 215 Å². The molecule has 4 rings (SSSR count). The molecule has 4 aromatic rings. The lowest BCUT2D eigenvalue weighted by molar-refractivity contribution is -0.133. The van der Waals surface area contributed by atoms with Gasteiger partial charge in [-0.2, -0.15) is 0 Å². The van der Waals surface area contributed by atoms with Gasteiger partial charge in [0.2, 0.25) is 0 Å². The van der Waals surface area contributed by atoms with Gasteiger partial charge < -0.3 is 40.9 Å². The van der Waals surface area contributed by atoms with Crippen LogP contribution in [0, 0.1) is 0 Å². The number of carbonyl (C=O) groups is 4. The summed E-state index contributed by atoms with van der Waals surface area (Å²) in [5, 5.41) is 78.4. The van der Waals surface area contributed by atoms with E-state index in [1.165, 1.54) is 51.4 Å². The fourth-order valence-corrected chi connectivity index (χ4v) is 10.3. The first-order valence-corrected chi connectivity index (χ1v) is 33.4. The third-order valence-corrected chi connectivity index (χ3v) is 16.0. The van der Waals surface area contributed by atoms with Gasteiger partial charge in [-0.3, -0.25) is 0 Å². The van der Waals surface area contributed by atoms with Gasteiger partial charge in [-0.05, 0) is 110 Å². The van der Waals surface area contributed by atoms with Gasteiger partial charge in [0.15, 0.2) is 0 Å². The van der Waals surface area contributed by atoms with Gasteiger partial charge in [0.25, 0.3) is 0 Å². The highest BCUT2D eigenvalue weighted by Gasteiger charge is 2.31. The number of benzene rings is 4. The number of hydrogen-bond acceptors (Lipinski definition) is 8. The maximum atomic E-state index is 11.0. The molecule has 0 spiro atoms. The van der Waals surface area contributed by atoms with Crippen LogP contribution in [0.1, 0.15) is 298 Å². The molecule has 0 aliphatic rings. The highest BCUT2D eigenvalue weighted by molar-refractivity contribution is 5.88. The average molecular weight is 1300 g/mol. The first-order chi connectivity index (χ1) is 42.3. The first kappa shape index (κ1) is 86.9. The Kier molecular flexibility index (Phi) is 32.4. The van der Waals surface area contributed by atoms with Crippen LogP contribution in [0.15, 0.2) is 97.1 Å². The Morgan fingerprint density at radius 2 is 0.383 bits per heavy atom. The molecule has 0 saturated carbocycles. The molecule has 0 heterocycles. The molecule has 526 valence electrons. The second kappa shape index (κ2) is 35.1. The summed E-state index contributed by atoms with van der Waals surface area (Å²) in [4.78, 5) is 43.9. The predicted molar refractivity (Wildman–Crippen MR) is 392 cm³/mol. The summed E-state index contributed by atoms with van der Waals surface area (Å²) in [6.45, 7) is 67.7. The van der Waals surface area contributed by atoms with E-state index in [0.29, 0.717) is 23.0 Å². The van der Waals surface area contributed by atoms with Gasteiger partial charge in [0.05, 0.1) is 0 Å². The summed E-state index contributed by atoms with van der Waals surface area (Å²) in [6, 6.07) is 15.1. The SMILES string of the molecule is C=C(Cc1cc(C(C)(C)C)c(O)c(C(C)(C)C)c1)C(=O)O.C=C(Cc1cc(C(C)(C)C)c(O)c(C(C)(C)C)c1)C(=O)O.C=C(Cc1cc(C(C)(C)C)c(O)c(C(C)(C)C)c1)C(=O)O.C=C(Cc1cc(C(C)(C)C)c(O)c(C(C)(C)C)c1)C(=O)O.CCCCCCCCCC. The third-order valence-electron chi connectivity index (χ3n) is 16.0. The van der Waals surface area contributed by atoms with Crippen molar-refractivity contribution < 1.29 is 60.0 Å². The van der Waals surface area contributed by atoms with Gasteiger partial charge in [-0.15, -0.1) is 0 Å². The number of carboxylic acids is 4. The number of carboxylic acid groups (broad SMARTS) is 4. The van der Waals surface area contributed by atoms with E-state index in [-0.39, 0.29) is 91.3 Å². The largest absolute Gasteiger partial charge is 0.507 e. The van der Waals surface area contributed by atoms with Gasteiger partial charge in [0, 0.05) is 48.0 Å². The summed E-state index contributed by atoms with van der Waals surface area (Å²) in [6.07, 6.45) is 12.6. The van der Waals surface area contributed by atoms with Crippen LogP contribution in [0.5, 0.6) is 23.0 Å². The normalized spacial score (nSPS) is 12.1. The van der Waals surface area contributed by atoms with E-state index in [4.69, 9.17) is 20.4 Å². The molecular formula is C82H126O12. The molecule has 0 bridgehead atoms.